The van der Waals surface area contributed by atoms with Gasteiger partial charge in [-0.1, -0.05) is 58.4 Å². The van der Waals surface area contributed by atoms with E-state index in [1.807, 2.05) is 19.1 Å². The van der Waals surface area contributed by atoms with E-state index in [4.69, 9.17) is 33.5 Å². The summed E-state index contributed by atoms with van der Waals surface area (Å²) in [6.45, 7) is 14.5. The van der Waals surface area contributed by atoms with Gasteiger partial charge in [0.2, 0.25) is 0 Å². The van der Waals surface area contributed by atoms with Gasteiger partial charge in [0.05, 0.1) is 12.2 Å². The molecule has 6 heteroatoms. The summed E-state index contributed by atoms with van der Waals surface area (Å²) in [5.41, 5.74) is 0.835. The van der Waals surface area contributed by atoms with Crippen LogP contribution in [0.4, 0.5) is 0 Å². The molecule has 3 nitrogen and oxygen atoms in total. The van der Waals surface area contributed by atoms with E-state index in [2.05, 4.69) is 45.4 Å². The molecule has 2 rings (SSSR count). The minimum Gasteiger partial charge on any atom is -0.493 e. The molecule has 0 saturated carbocycles. The Bertz CT molecular complexity index is 844. The topological polar surface area (TPSA) is 26.5 Å². The van der Waals surface area contributed by atoms with Gasteiger partial charge in [-0.15, -0.1) is 11.3 Å². The zero-order chi connectivity index (χ0) is 19.5. The van der Waals surface area contributed by atoms with Crippen LogP contribution in [0.15, 0.2) is 29.4 Å². The fraction of sp³-hybridized carbons (Fsp3) is 0.500. The highest BCUT2D eigenvalue weighted by Gasteiger charge is 2.18. The Morgan fingerprint density at radius 1 is 1.35 bits per heavy atom. The van der Waals surface area contributed by atoms with Crippen LogP contribution in [-0.2, 0) is 12.0 Å². The van der Waals surface area contributed by atoms with Gasteiger partial charge < -0.3 is 9.30 Å². The molecule has 0 atom stereocenters. The molecule has 0 amide bonds. The Labute approximate surface area is 170 Å². The Kier molecular flexibility index (Phi) is 7.05. The molecule has 0 fully saturated rings. The third kappa shape index (κ3) is 5.41. The van der Waals surface area contributed by atoms with Crippen molar-refractivity contribution in [3.05, 3.63) is 44.7 Å². The molecule has 0 N–H and O–H groups in total. The summed E-state index contributed by atoms with van der Waals surface area (Å²) in [5.74, 6) is 1.24. The van der Waals surface area contributed by atoms with Crippen molar-refractivity contribution in [2.75, 3.05) is 6.61 Å². The Hall–Kier alpha value is -1.17. The maximum Gasteiger partial charge on any atom is 0.191 e. The lowest BCUT2D eigenvalue weighted by Gasteiger charge is -2.14. The quantitative estimate of drug-likeness (QED) is 0.579. The summed E-state index contributed by atoms with van der Waals surface area (Å²) < 4.78 is 7.90. The van der Waals surface area contributed by atoms with Crippen molar-refractivity contribution >= 4 is 40.1 Å². The fourth-order valence-electron chi connectivity index (χ4n) is 2.44. The molecule has 26 heavy (non-hydrogen) atoms. The highest BCUT2D eigenvalue weighted by Crippen LogP contribution is 2.26. The van der Waals surface area contributed by atoms with E-state index in [0.717, 1.165) is 16.9 Å². The maximum absolute atomic E-state index is 6.17. The summed E-state index contributed by atoms with van der Waals surface area (Å²) >= 11 is 13.5. The number of benzene rings is 1. The van der Waals surface area contributed by atoms with E-state index >= 15 is 0 Å². The standard InChI is InChI=1S/C20H27ClN2OS2/c1-7-24-16-9-8-14(21)10-15(16)18(25)22-19-23(11-13(2)3)12-17(26-19)20(4,5)6/h8-10,12-13H,7,11H2,1-6H3. The third-order valence-corrected chi connectivity index (χ3v) is 5.68. The molecule has 142 valence electrons. The van der Waals surface area contributed by atoms with Gasteiger partial charge in [-0.3, -0.25) is 0 Å². The molecule has 1 aromatic carbocycles. The summed E-state index contributed by atoms with van der Waals surface area (Å²) in [5, 5.41) is 0.623. The number of aromatic nitrogens is 1. The number of nitrogens with zero attached hydrogens (tertiary/aromatic N) is 2. The molecule has 0 saturated heterocycles. The van der Waals surface area contributed by atoms with Crippen LogP contribution in [-0.4, -0.2) is 16.2 Å². The Morgan fingerprint density at radius 3 is 2.62 bits per heavy atom. The van der Waals surface area contributed by atoms with E-state index in [1.54, 1.807) is 17.4 Å². The normalized spacial score (nSPS) is 12.7. The van der Waals surface area contributed by atoms with Crippen LogP contribution >= 0.6 is 35.2 Å². The number of hydrogen-bond donors (Lipinski definition) is 0. The number of hydrogen-bond acceptors (Lipinski definition) is 3. The second kappa shape index (κ2) is 8.68. The average Bonchev–Trinajstić information content (AvgIpc) is 2.91. The smallest absolute Gasteiger partial charge is 0.191 e. The Balaban J connectivity index is 2.53. The molecule has 1 heterocycles. The Morgan fingerprint density at radius 2 is 2.04 bits per heavy atom. The predicted octanol–water partition coefficient (Wildman–Crippen LogP) is 5.83. The minimum atomic E-state index is 0.0747. The van der Waals surface area contributed by atoms with Crippen LogP contribution in [0.3, 0.4) is 0 Å². The molecule has 0 aliphatic rings. The predicted molar refractivity (Wildman–Crippen MR) is 116 cm³/mol. The van der Waals surface area contributed by atoms with Crippen molar-refractivity contribution in [1.82, 2.24) is 4.57 Å². The average molecular weight is 411 g/mol. The lowest BCUT2D eigenvalue weighted by Crippen LogP contribution is -2.19. The highest BCUT2D eigenvalue weighted by atomic mass is 35.5. The molecule has 0 aliphatic carbocycles. The highest BCUT2D eigenvalue weighted by molar-refractivity contribution is 7.80. The van der Waals surface area contributed by atoms with Crippen molar-refractivity contribution in [3.63, 3.8) is 0 Å². The van der Waals surface area contributed by atoms with E-state index in [9.17, 15) is 0 Å². The first kappa shape index (κ1) is 21.1. The number of ether oxygens (including phenoxy) is 1. The summed E-state index contributed by atoms with van der Waals surface area (Å²) in [4.78, 5) is 7.47. The van der Waals surface area contributed by atoms with E-state index in [1.165, 1.54) is 4.88 Å². The molecule has 0 spiro atoms. The lowest BCUT2D eigenvalue weighted by molar-refractivity contribution is 0.339. The van der Waals surface area contributed by atoms with E-state index in [-0.39, 0.29) is 5.41 Å². The van der Waals surface area contributed by atoms with Crippen molar-refractivity contribution < 1.29 is 4.74 Å². The van der Waals surface area contributed by atoms with Crippen LogP contribution in [0, 0.1) is 5.92 Å². The molecule has 0 bridgehead atoms. The SMILES string of the molecule is CCOc1ccc(Cl)cc1C(=S)N=c1sc(C(C)(C)C)cn1CC(C)C. The maximum atomic E-state index is 6.17. The molecule has 0 unspecified atom stereocenters. The van der Waals surface area contributed by atoms with Gasteiger partial charge in [-0.25, -0.2) is 4.99 Å². The van der Waals surface area contributed by atoms with Crippen molar-refractivity contribution in [2.24, 2.45) is 10.9 Å². The molecule has 0 radical (unpaired) electrons. The van der Waals surface area contributed by atoms with Crippen molar-refractivity contribution in [1.29, 1.82) is 0 Å². The van der Waals surface area contributed by atoms with Gasteiger partial charge >= 0.3 is 0 Å². The number of halogens is 1. The van der Waals surface area contributed by atoms with E-state index in [0.29, 0.717) is 28.3 Å². The van der Waals surface area contributed by atoms with Crippen molar-refractivity contribution in [3.8, 4) is 5.75 Å². The lowest BCUT2D eigenvalue weighted by atomic mass is 9.95. The zero-order valence-corrected chi connectivity index (χ0v) is 18.7. The first-order chi connectivity index (χ1) is 12.1. The number of thiocarbonyl (C=S) groups is 1. The molecule has 2 aromatic rings. The summed E-state index contributed by atoms with van der Waals surface area (Å²) in [6.07, 6.45) is 2.20. The monoisotopic (exact) mass is 410 g/mol. The van der Waals surface area contributed by atoms with Gasteiger partial charge in [-0.05, 0) is 36.5 Å². The molecular formula is C20H27ClN2OS2. The van der Waals surface area contributed by atoms with Crippen LogP contribution in [0.5, 0.6) is 5.75 Å². The first-order valence-corrected chi connectivity index (χ1v) is 10.4. The van der Waals surface area contributed by atoms with Crippen molar-refractivity contribution in [2.45, 2.75) is 53.5 Å². The van der Waals surface area contributed by atoms with Crippen LogP contribution in [0.1, 0.15) is 52.0 Å². The zero-order valence-electron chi connectivity index (χ0n) is 16.3. The second-order valence-corrected chi connectivity index (χ2v) is 9.50. The third-order valence-electron chi connectivity index (χ3n) is 3.69. The van der Waals surface area contributed by atoms with E-state index < -0.39 is 0 Å². The van der Waals surface area contributed by atoms with Crippen LogP contribution in [0.2, 0.25) is 5.02 Å². The first-order valence-electron chi connectivity index (χ1n) is 8.84. The summed E-state index contributed by atoms with van der Waals surface area (Å²) in [6, 6.07) is 5.48. The molecular weight excluding hydrogens is 384 g/mol. The van der Waals surface area contributed by atoms with Gasteiger partial charge in [-0.2, -0.15) is 0 Å². The van der Waals surface area contributed by atoms with Gasteiger partial charge in [0, 0.05) is 22.6 Å². The molecule has 1 aromatic heterocycles. The molecule has 0 aliphatic heterocycles. The van der Waals surface area contributed by atoms with Gasteiger partial charge in [0.25, 0.3) is 0 Å². The largest absolute Gasteiger partial charge is 0.493 e. The summed E-state index contributed by atoms with van der Waals surface area (Å²) in [7, 11) is 0. The van der Waals surface area contributed by atoms with Crippen LogP contribution < -0.4 is 9.54 Å². The fourth-order valence-corrected chi connectivity index (χ4v) is 3.98. The minimum absolute atomic E-state index is 0.0747. The second-order valence-electron chi connectivity index (χ2n) is 7.66. The number of thiazole rings is 1. The van der Waals surface area contributed by atoms with Gasteiger partial charge in [0.15, 0.2) is 4.80 Å². The number of rotatable bonds is 5. The van der Waals surface area contributed by atoms with Gasteiger partial charge in [0.1, 0.15) is 10.7 Å². The van der Waals surface area contributed by atoms with Crippen LogP contribution in [0.25, 0.3) is 0 Å².